The van der Waals surface area contributed by atoms with Crippen LogP contribution in [0.25, 0.3) is 0 Å². The summed E-state index contributed by atoms with van der Waals surface area (Å²) in [5, 5.41) is 10.5. The molecule has 8 nitrogen and oxygen atoms in total. The monoisotopic (exact) mass is 366 g/mol. The molecule has 8 heteroatoms. The molecule has 142 valence electrons. The van der Waals surface area contributed by atoms with Crippen LogP contribution in [0.15, 0.2) is 43.0 Å². The maximum atomic E-state index is 11.9. The number of rotatable bonds is 5. The minimum absolute atomic E-state index is 0.00341. The van der Waals surface area contributed by atoms with Crippen LogP contribution in [0.1, 0.15) is 11.9 Å². The van der Waals surface area contributed by atoms with Crippen LogP contribution in [0.3, 0.4) is 0 Å². The van der Waals surface area contributed by atoms with Crippen molar-refractivity contribution in [3.63, 3.8) is 0 Å². The first-order valence-electron chi connectivity index (χ1n) is 8.26. The summed E-state index contributed by atoms with van der Waals surface area (Å²) in [6.07, 6.45) is -4.75. The van der Waals surface area contributed by atoms with Crippen LogP contribution in [-0.4, -0.2) is 62.3 Å². The van der Waals surface area contributed by atoms with E-state index in [2.05, 4.69) is 6.58 Å². The largest absolute Gasteiger partial charge is 0.509 e. The molecule has 2 heterocycles. The molecular weight excluding hydrogens is 344 g/mol. The molecule has 0 amide bonds. The number of carbonyl (C=O) groups excluding carboxylic acids is 1. The molecule has 2 fully saturated rings. The van der Waals surface area contributed by atoms with Gasteiger partial charge in [0.2, 0.25) is 0 Å². The van der Waals surface area contributed by atoms with Gasteiger partial charge in [0.05, 0.1) is 6.61 Å². The Bertz CT molecular complexity index is 606. The zero-order valence-corrected chi connectivity index (χ0v) is 14.4. The summed E-state index contributed by atoms with van der Waals surface area (Å²) in [5.74, 6) is 0. The molecule has 2 aliphatic rings. The lowest BCUT2D eigenvalue weighted by molar-refractivity contribution is -0.358. The molecule has 0 saturated carbocycles. The van der Waals surface area contributed by atoms with E-state index in [1.54, 1.807) is 0 Å². The Morgan fingerprint density at radius 1 is 1.35 bits per heavy atom. The smallest absolute Gasteiger partial charge is 0.430 e. The van der Waals surface area contributed by atoms with Gasteiger partial charge in [-0.15, -0.1) is 0 Å². The Kier molecular flexibility index (Phi) is 6.23. The van der Waals surface area contributed by atoms with Crippen LogP contribution >= 0.6 is 0 Å². The standard InChI is InChI=1S/C18H22O8/c1-3-9-22-18(20)26-15-13(19)17(21-2)24-12-10-23-16(25-14(12)15)11-7-5-4-6-8-11/h3-8,12-17,19H,1,9-10H2,2H3/t12-,13-,14-,15-,16?,17+/m1/s1. The van der Waals surface area contributed by atoms with E-state index >= 15 is 0 Å². The van der Waals surface area contributed by atoms with Crippen molar-refractivity contribution < 1.29 is 38.3 Å². The number of carbonyl (C=O) groups is 1. The van der Waals surface area contributed by atoms with Crippen molar-refractivity contribution in [3.05, 3.63) is 48.6 Å². The number of hydrogen-bond donors (Lipinski definition) is 1. The summed E-state index contributed by atoms with van der Waals surface area (Å²) < 4.78 is 32.6. The van der Waals surface area contributed by atoms with Gasteiger partial charge in [0.15, 0.2) is 18.7 Å². The third kappa shape index (κ3) is 4.05. The average molecular weight is 366 g/mol. The minimum atomic E-state index is -1.24. The van der Waals surface area contributed by atoms with Crippen LogP contribution in [0.4, 0.5) is 4.79 Å². The fourth-order valence-corrected chi connectivity index (χ4v) is 2.94. The summed E-state index contributed by atoms with van der Waals surface area (Å²) in [6, 6.07) is 9.33. The van der Waals surface area contributed by atoms with E-state index in [9.17, 15) is 9.90 Å². The molecule has 1 aromatic carbocycles. The van der Waals surface area contributed by atoms with Crippen LogP contribution in [0.5, 0.6) is 0 Å². The lowest BCUT2D eigenvalue weighted by atomic mass is 9.97. The van der Waals surface area contributed by atoms with Crippen LogP contribution in [0, 0.1) is 0 Å². The molecule has 1 unspecified atom stereocenters. The number of ether oxygens (including phenoxy) is 6. The molecule has 3 rings (SSSR count). The Morgan fingerprint density at radius 2 is 2.12 bits per heavy atom. The normalized spacial score (nSPS) is 33.8. The van der Waals surface area contributed by atoms with Gasteiger partial charge in [0.25, 0.3) is 0 Å². The van der Waals surface area contributed by atoms with Crippen LogP contribution < -0.4 is 0 Å². The van der Waals surface area contributed by atoms with Crippen molar-refractivity contribution in [2.75, 3.05) is 20.3 Å². The summed E-state index contributed by atoms with van der Waals surface area (Å²) in [7, 11) is 1.39. The van der Waals surface area contributed by atoms with Crippen LogP contribution in [-0.2, 0) is 28.4 Å². The Labute approximate surface area is 151 Å². The maximum absolute atomic E-state index is 11.9. The van der Waals surface area contributed by atoms with Gasteiger partial charge in [-0.25, -0.2) is 4.79 Å². The topological polar surface area (TPSA) is 92.7 Å². The predicted molar refractivity (Wildman–Crippen MR) is 88.1 cm³/mol. The summed E-state index contributed by atoms with van der Waals surface area (Å²) in [6.45, 7) is 3.65. The first-order chi connectivity index (χ1) is 12.6. The van der Waals surface area contributed by atoms with E-state index in [0.717, 1.165) is 5.56 Å². The zero-order valence-electron chi connectivity index (χ0n) is 14.4. The Morgan fingerprint density at radius 3 is 2.81 bits per heavy atom. The Balaban J connectivity index is 1.76. The molecule has 0 radical (unpaired) electrons. The van der Waals surface area contributed by atoms with Crippen molar-refractivity contribution in [1.29, 1.82) is 0 Å². The predicted octanol–water partition coefficient (Wildman–Crippen LogP) is 1.54. The highest BCUT2D eigenvalue weighted by Crippen LogP contribution is 2.35. The molecule has 0 spiro atoms. The highest BCUT2D eigenvalue weighted by molar-refractivity contribution is 5.60. The summed E-state index contributed by atoms with van der Waals surface area (Å²) in [5.41, 5.74) is 0.808. The summed E-state index contributed by atoms with van der Waals surface area (Å²) in [4.78, 5) is 11.9. The molecule has 2 aliphatic heterocycles. The van der Waals surface area contributed by atoms with E-state index in [0.29, 0.717) is 0 Å². The van der Waals surface area contributed by atoms with E-state index in [-0.39, 0.29) is 13.2 Å². The van der Waals surface area contributed by atoms with Gasteiger partial charge in [-0.1, -0.05) is 43.0 Å². The van der Waals surface area contributed by atoms with Gasteiger partial charge in [-0.2, -0.15) is 0 Å². The third-order valence-corrected chi connectivity index (χ3v) is 4.16. The van der Waals surface area contributed by atoms with E-state index in [1.807, 2.05) is 30.3 Å². The molecule has 1 aromatic rings. The molecule has 2 saturated heterocycles. The lowest BCUT2D eigenvalue weighted by Gasteiger charge is -2.46. The SMILES string of the molecule is C=CCOC(=O)O[C@@H]1[C@@H](O)[C@@H](OC)O[C@@H]2COC(c3ccccc3)O[C@@H]12. The average Bonchev–Trinajstić information content (AvgIpc) is 2.68. The number of fused-ring (bicyclic) bond motifs is 1. The molecular formula is C18H22O8. The Hall–Kier alpha value is -1.97. The van der Waals surface area contributed by atoms with Gasteiger partial charge >= 0.3 is 6.16 Å². The number of hydrogen-bond acceptors (Lipinski definition) is 8. The number of aliphatic hydroxyl groups excluding tert-OH is 1. The minimum Gasteiger partial charge on any atom is -0.430 e. The number of methoxy groups -OCH3 is 1. The second-order valence-corrected chi connectivity index (χ2v) is 5.88. The molecule has 1 N–H and O–H groups in total. The maximum Gasteiger partial charge on any atom is 0.509 e. The van der Waals surface area contributed by atoms with E-state index in [1.165, 1.54) is 13.2 Å². The van der Waals surface area contributed by atoms with Gasteiger partial charge in [-0.05, 0) is 0 Å². The summed E-state index contributed by atoms with van der Waals surface area (Å²) >= 11 is 0. The number of aliphatic hydroxyl groups is 1. The highest BCUT2D eigenvalue weighted by Gasteiger charge is 2.51. The van der Waals surface area contributed by atoms with Crippen molar-refractivity contribution in [1.82, 2.24) is 0 Å². The fraction of sp³-hybridized carbons (Fsp3) is 0.500. The van der Waals surface area contributed by atoms with Crippen molar-refractivity contribution in [3.8, 4) is 0 Å². The second kappa shape index (κ2) is 8.61. The van der Waals surface area contributed by atoms with E-state index in [4.69, 9.17) is 28.4 Å². The number of benzene rings is 1. The first-order valence-corrected chi connectivity index (χ1v) is 8.26. The molecule has 0 bridgehead atoms. The molecule has 6 atom stereocenters. The molecule has 26 heavy (non-hydrogen) atoms. The van der Waals surface area contributed by atoms with Crippen LogP contribution in [0.2, 0.25) is 0 Å². The van der Waals surface area contributed by atoms with Gasteiger partial charge in [0.1, 0.15) is 24.9 Å². The van der Waals surface area contributed by atoms with E-state index < -0.39 is 43.2 Å². The zero-order chi connectivity index (χ0) is 18.5. The van der Waals surface area contributed by atoms with Crippen molar-refractivity contribution >= 4 is 6.16 Å². The fourth-order valence-electron chi connectivity index (χ4n) is 2.94. The molecule has 0 aromatic heterocycles. The van der Waals surface area contributed by atoms with Gasteiger partial charge in [0, 0.05) is 12.7 Å². The van der Waals surface area contributed by atoms with Crippen molar-refractivity contribution in [2.45, 2.75) is 37.0 Å². The highest BCUT2D eigenvalue weighted by atomic mass is 16.8. The first kappa shape index (κ1) is 18.8. The van der Waals surface area contributed by atoms with Crippen molar-refractivity contribution in [2.24, 2.45) is 0 Å². The van der Waals surface area contributed by atoms with Gasteiger partial charge < -0.3 is 33.5 Å². The quantitative estimate of drug-likeness (QED) is 0.620. The lowest BCUT2D eigenvalue weighted by Crippen LogP contribution is -2.63. The second-order valence-electron chi connectivity index (χ2n) is 5.88. The van der Waals surface area contributed by atoms with Gasteiger partial charge in [-0.3, -0.25) is 0 Å². The molecule has 0 aliphatic carbocycles. The third-order valence-electron chi connectivity index (χ3n) is 4.16.